The standard InChI is InChI=1S/C21H23N3O2S/c1-4-19-20(25)24(14-17-8-6-5-7-15(17)2)21(27-19)23-22-13-16-9-11-18(26-3)12-10-16/h5-13,19H,4,14H2,1-3H3/b22-13-,23-21-/t19-/m0/s1. The van der Waals surface area contributed by atoms with E-state index in [9.17, 15) is 4.79 Å². The summed E-state index contributed by atoms with van der Waals surface area (Å²) < 4.78 is 5.15. The topological polar surface area (TPSA) is 54.3 Å². The van der Waals surface area contributed by atoms with Crippen molar-refractivity contribution in [2.24, 2.45) is 10.2 Å². The van der Waals surface area contributed by atoms with Gasteiger partial charge in [0.2, 0.25) is 5.91 Å². The fraction of sp³-hybridized carbons (Fsp3) is 0.286. The Morgan fingerprint density at radius 1 is 1.19 bits per heavy atom. The van der Waals surface area contributed by atoms with Crippen molar-refractivity contribution in [1.82, 2.24) is 4.90 Å². The minimum Gasteiger partial charge on any atom is -0.497 e. The quantitative estimate of drug-likeness (QED) is 0.555. The van der Waals surface area contributed by atoms with Crippen molar-refractivity contribution in [3.63, 3.8) is 0 Å². The molecular weight excluding hydrogens is 358 g/mol. The molecular formula is C21H23N3O2S. The first kappa shape index (κ1) is 19.2. The summed E-state index contributed by atoms with van der Waals surface area (Å²) in [4.78, 5) is 14.5. The van der Waals surface area contributed by atoms with Gasteiger partial charge in [0.15, 0.2) is 5.17 Å². The molecule has 1 fully saturated rings. The van der Waals surface area contributed by atoms with E-state index in [1.165, 1.54) is 11.8 Å². The highest BCUT2D eigenvalue weighted by molar-refractivity contribution is 8.15. The molecule has 6 heteroatoms. The smallest absolute Gasteiger partial charge is 0.242 e. The Balaban J connectivity index is 1.79. The van der Waals surface area contributed by atoms with Gasteiger partial charge in [0.05, 0.1) is 25.1 Å². The van der Waals surface area contributed by atoms with Crippen LogP contribution in [0.4, 0.5) is 0 Å². The van der Waals surface area contributed by atoms with E-state index in [0.717, 1.165) is 28.9 Å². The van der Waals surface area contributed by atoms with E-state index >= 15 is 0 Å². The van der Waals surface area contributed by atoms with E-state index < -0.39 is 0 Å². The number of nitrogens with zero attached hydrogens (tertiary/aromatic N) is 3. The van der Waals surface area contributed by atoms with Crippen LogP contribution in [0.15, 0.2) is 58.7 Å². The van der Waals surface area contributed by atoms with E-state index in [4.69, 9.17) is 4.74 Å². The lowest BCUT2D eigenvalue weighted by molar-refractivity contribution is -0.126. The molecule has 3 rings (SSSR count). The molecule has 0 saturated carbocycles. The lowest BCUT2D eigenvalue weighted by atomic mass is 10.1. The molecule has 2 aromatic carbocycles. The molecule has 2 aromatic rings. The van der Waals surface area contributed by atoms with Crippen molar-refractivity contribution in [3.05, 3.63) is 65.2 Å². The zero-order valence-corrected chi connectivity index (χ0v) is 16.6. The van der Waals surface area contributed by atoms with E-state index in [1.54, 1.807) is 18.2 Å². The van der Waals surface area contributed by atoms with Crippen molar-refractivity contribution in [2.75, 3.05) is 7.11 Å². The Hall–Kier alpha value is -2.60. The molecule has 0 unspecified atom stereocenters. The van der Waals surface area contributed by atoms with Crippen molar-refractivity contribution in [3.8, 4) is 5.75 Å². The van der Waals surface area contributed by atoms with Crippen LogP contribution in [0.2, 0.25) is 0 Å². The van der Waals surface area contributed by atoms with Gasteiger partial charge < -0.3 is 4.74 Å². The monoisotopic (exact) mass is 381 g/mol. The largest absolute Gasteiger partial charge is 0.497 e. The Morgan fingerprint density at radius 3 is 2.59 bits per heavy atom. The Kier molecular flexibility index (Phi) is 6.29. The minimum absolute atomic E-state index is 0.0936. The van der Waals surface area contributed by atoms with Crippen LogP contribution in [0.5, 0.6) is 5.75 Å². The second kappa shape index (κ2) is 8.86. The molecule has 0 bridgehead atoms. The number of rotatable bonds is 6. The highest BCUT2D eigenvalue weighted by Gasteiger charge is 2.37. The number of carbonyl (C=O) groups excluding carboxylic acids is 1. The molecule has 1 aliphatic heterocycles. The first-order valence-corrected chi connectivity index (χ1v) is 9.78. The highest BCUT2D eigenvalue weighted by Crippen LogP contribution is 2.31. The summed E-state index contributed by atoms with van der Waals surface area (Å²) in [6.07, 6.45) is 2.46. The van der Waals surface area contributed by atoms with Crippen LogP contribution < -0.4 is 4.74 Å². The second-order valence-corrected chi connectivity index (χ2v) is 7.44. The van der Waals surface area contributed by atoms with Gasteiger partial charge in [-0.15, -0.1) is 5.10 Å². The number of amides is 1. The lowest BCUT2D eigenvalue weighted by Gasteiger charge is -2.17. The van der Waals surface area contributed by atoms with Crippen LogP contribution in [0.3, 0.4) is 0 Å². The number of hydrogen-bond acceptors (Lipinski definition) is 5. The average molecular weight is 382 g/mol. The Bertz CT molecular complexity index is 862. The van der Waals surface area contributed by atoms with E-state index in [0.29, 0.717) is 11.7 Å². The lowest BCUT2D eigenvalue weighted by Crippen LogP contribution is -2.31. The fourth-order valence-electron chi connectivity index (χ4n) is 2.78. The maximum absolute atomic E-state index is 12.7. The summed E-state index contributed by atoms with van der Waals surface area (Å²) in [5.74, 6) is 0.898. The average Bonchev–Trinajstić information content (AvgIpc) is 2.99. The molecule has 1 atom stereocenters. The van der Waals surface area contributed by atoms with E-state index in [1.807, 2.05) is 49.4 Å². The Labute approximate surface area is 164 Å². The van der Waals surface area contributed by atoms with Crippen molar-refractivity contribution in [2.45, 2.75) is 32.1 Å². The van der Waals surface area contributed by atoms with Crippen LogP contribution >= 0.6 is 11.8 Å². The van der Waals surface area contributed by atoms with Crippen molar-refractivity contribution in [1.29, 1.82) is 0 Å². The van der Waals surface area contributed by atoms with Gasteiger partial charge in [0.1, 0.15) is 5.75 Å². The zero-order valence-electron chi connectivity index (χ0n) is 15.8. The summed E-state index contributed by atoms with van der Waals surface area (Å²) in [5, 5.41) is 9.10. The molecule has 0 spiro atoms. The molecule has 1 saturated heterocycles. The predicted octanol–water partition coefficient (Wildman–Crippen LogP) is 4.25. The number of carbonyl (C=O) groups is 1. The summed E-state index contributed by atoms with van der Waals surface area (Å²) in [6, 6.07) is 15.7. The third-order valence-electron chi connectivity index (χ3n) is 4.45. The van der Waals surface area contributed by atoms with E-state index in [2.05, 4.69) is 23.2 Å². The maximum atomic E-state index is 12.7. The van der Waals surface area contributed by atoms with Gasteiger partial charge in [0, 0.05) is 0 Å². The predicted molar refractivity (Wildman–Crippen MR) is 111 cm³/mol. The molecule has 1 heterocycles. The summed E-state index contributed by atoms with van der Waals surface area (Å²) in [5.41, 5.74) is 3.21. The van der Waals surface area contributed by atoms with Gasteiger partial charge in [-0.25, -0.2) is 0 Å². The zero-order chi connectivity index (χ0) is 19.2. The number of amidine groups is 1. The molecule has 27 heavy (non-hydrogen) atoms. The first-order chi connectivity index (χ1) is 13.1. The molecule has 140 valence electrons. The van der Waals surface area contributed by atoms with Gasteiger partial charge in [0.25, 0.3) is 0 Å². The van der Waals surface area contributed by atoms with Crippen LogP contribution in [-0.4, -0.2) is 34.5 Å². The third-order valence-corrected chi connectivity index (χ3v) is 5.78. The number of thioether (sulfide) groups is 1. The summed E-state index contributed by atoms with van der Waals surface area (Å²) >= 11 is 1.49. The molecule has 5 nitrogen and oxygen atoms in total. The van der Waals surface area contributed by atoms with Crippen LogP contribution in [0.1, 0.15) is 30.0 Å². The highest BCUT2D eigenvalue weighted by atomic mass is 32.2. The molecule has 0 N–H and O–H groups in total. The fourth-order valence-corrected chi connectivity index (χ4v) is 3.81. The summed E-state index contributed by atoms with van der Waals surface area (Å²) in [6.45, 7) is 4.59. The summed E-state index contributed by atoms with van der Waals surface area (Å²) in [7, 11) is 1.64. The SMILES string of the molecule is CC[C@@H]1S/C(=N\N=C/c2ccc(OC)cc2)N(Cc2ccccc2C)C1=O. The van der Waals surface area contributed by atoms with Crippen molar-refractivity contribution < 1.29 is 9.53 Å². The number of ether oxygens (including phenoxy) is 1. The van der Waals surface area contributed by atoms with Gasteiger partial charge >= 0.3 is 0 Å². The molecule has 0 aromatic heterocycles. The van der Waals surface area contributed by atoms with Crippen molar-refractivity contribution >= 4 is 29.1 Å². The van der Waals surface area contributed by atoms with Gasteiger partial charge in [-0.05, 0) is 54.3 Å². The number of benzene rings is 2. The second-order valence-electron chi connectivity index (χ2n) is 6.27. The minimum atomic E-state index is -0.0936. The third kappa shape index (κ3) is 4.57. The number of aryl methyl sites for hydroxylation is 1. The van der Waals surface area contributed by atoms with Gasteiger partial charge in [-0.3, -0.25) is 9.69 Å². The van der Waals surface area contributed by atoms with Crippen LogP contribution in [-0.2, 0) is 11.3 Å². The molecule has 1 amide bonds. The van der Waals surface area contributed by atoms with E-state index in [-0.39, 0.29) is 11.2 Å². The van der Waals surface area contributed by atoms with Crippen LogP contribution in [0.25, 0.3) is 0 Å². The molecule has 1 aliphatic rings. The normalized spacial score (nSPS) is 18.6. The molecule has 0 aliphatic carbocycles. The van der Waals surface area contributed by atoms with Gasteiger partial charge in [-0.2, -0.15) is 5.10 Å². The number of hydrogen-bond donors (Lipinski definition) is 0. The first-order valence-electron chi connectivity index (χ1n) is 8.90. The number of methoxy groups -OCH3 is 1. The van der Waals surface area contributed by atoms with Crippen LogP contribution in [0, 0.1) is 6.92 Å². The van der Waals surface area contributed by atoms with Gasteiger partial charge in [-0.1, -0.05) is 43.0 Å². The molecule has 0 radical (unpaired) electrons. The maximum Gasteiger partial charge on any atom is 0.242 e. The Morgan fingerprint density at radius 2 is 1.93 bits per heavy atom.